The van der Waals surface area contributed by atoms with Crippen molar-refractivity contribution >= 4 is 0 Å². The Labute approximate surface area is 87.8 Å². The third-order valence-electron chi connectivity index (χ3n) is 2.50. The summed E-state index contributed by atoms with van der Waals surface area (Å²) in [5, 5.41) is 12.7. The van der Waals surface area contributed by atoms with Crippen molar-refractivity contribution < 1.29 is 9.84 Å². The quantitative estimate of drug-likeness (QED) is 0.624. The fraction of sp³-hybridized carbons (Fsp3) is 1.00. The maximum atomic E-state index is 9.44. The molecule has 0 spiro atoms. The predicted molar refractivity (Wildman–Crippen MR) is 59.4 cm³/mol. The zero-order valence-electron chi connectivity index (χ0n) is 9.92. The van der Waals surface area contributed by atoms with Crippen LogP contribution < -0.4 is 5.32 Å². The molecule has 86 valence electrons. The van der Waals surface area contributed by atoms with Crippen LogP contribution in [0.3, 0.4) is 0 Å². The highest BCUT2D eigenvalue weighted by Crippen LogP contribution is 2.07. The van der Waals surface area contributed by atoms with Crippen LogP contribution >= 0.6 is 0 Å². The Balaban J connectivity index is 3.34. The van der Waals surface area contributed by atoms with E-state index >= 15 is 0 Å². The lowest BCUT2D eigenvalue weighted by molar-refractivity contribution is 0.0423. The average Bonchev–Trinajstić information content (AvgIpc) is 2.14. The molecule has 2 atom stereocenters. The molecule has 0 saturated carbocycles. The molecule has 0 radical (unpaired) electrons. The van der Waals surface area contributed by atoms with Gasteiger partial charge < -0.3 is 15.2 Å². The van der Waals surface area contributed by atoms with E-state index in [4.69, 9.17) is 4.74 Å². The summed E-state index contributed by atoms with van der Waals surface area (Å²) >= 11 is 0. The van der Waals surface area contributed by atoms with Crippen LogP contribution in [0.2, 0.25) is 0 Å². The summed E-state index contributed by atoms with van der Waals surface area (Å²) in [4.78, 5) is 0. The standard InChI is InChI=1S/C11H25NO2/c1-5-14-8-11(13)7-12-6-10(4)9(2)3/h9-13H,5-8H2,1-4H3. The van der Waals surface area contributed by atoms with Crippen LogP contribution in [0.25, 0.3) is 0 Å². The molecule has 0 aliphatic rings. The summed E-state index contributed by atoms with van der Waals surface area (Å²) in [5.41, 5.74) is 0. The predicted octanol–water partition coefficient (Wildman–Crippen LogP) is 1.27. The van der Waals surface area contributed by atoms with E-state index in [9.17, 15) is 5.11 Å². The molecule has 3 heteroatoms. The molecular weight excluding hydrogens is 178 g/mol. The molecule has 0 aromatic heterocycles. The first-order chi connectivity index (χ1) is 6.57. The van der Waals surface area contributed by atoms with Crippen molar-refractivity contribution in [3.63, 3.8) is 0 Å². The van der Waals surface area contributed by atoms with Gasteiger partial charge in [-0.3, -0.25) is 0 Å². The van der Waals surface area contributed by atoms with Crippen molar-refractivity contribution in [2.24, 2.45) is 11.8 Å². The maximum absolute atomic E-state index is 9.44. The summed E-state index contributed by atoms with van der Waals surface area (Å²) in [6.45, 7) is 11.2. The summed E-state index contributed by atoms with van der Waals surface area (Å²) in [7, 11) is 0. The molecule has 0 saturated heterocycles. The molecular formula is C11H25NO2. The van der Waals surface area contributed by atoms with Gasteiger partial charge in [0.25, 0.3) is 0 Å². The maximum Gasteiger partial charge on any atom is 0.0897 e. The molecule has 2 unspecified atom stereocenters. The Bertz CT molecular complexity index is 128. The summed E-state index contributed by atoms with van der Waals surface area (Å²) in [5.74, 6) is 1.33. The first kappa shape index (κ1) is 13.9. The lowest BCUT2D eigenvalue weighted by Gasteiger charge is -2.17. The second kappa shape index (κ2) is 8.21. The van der Waals surface area contributed by atoms with Crippen molar-refractivity contribution in [1.29, 1.82) is 0 Å². The highest BCUT2D eigenvalue weighted by Gasteiger charge is 2.08. The van der Waals surface area contributed by atoms with Gasteiger partial charge in [0.1, 0.15) is 0 Å². The van der Waals surface area contributed by atoms with E-state index in [2.05, 4.69) is 26.1 Å². The first-order valence-electron chi connectivity index (χ1n) is 5.54. The van der Waals surface area contributed by atoms with Gasteiger partial charge in [0, 0.05) is 13.2 Å². The largest absolute Gasteiger partial charge is 0.389 e. The molecule has 0 heterocycles. The van der Waals surface area contributed by atoms with E-state index in [0.29, 0.717) is 31.6 Å². The second-order valence-corrected chi connectivity index (χ2v) is 4.19. The van der Waals surface area contributed by atoms with Crippen LogP contribution in [0.4, 0.5) is 0 Å². The van der Waals surface area contributed by atoms with Gasteiger partial charge in [-0.1, -0.05) is 20.8 Å². The fourth-order valence-corrected chi connectivity index (χ4v) is 1.03. The Morgan fingerprint density at radius 1 is 1.21 bits per heavy atom. The highest BCUT2D eigenvalue weighted by molar-refractivity contribution is 4.63. The Kier molecular flexibility index (Phi) is 8.14. The van der Waals surface area contributed by atoms with Crippen molar-refractivity contribution in [1.82, 2.24) is 5.32 Å². The van der Waals surface area contributed by atoms with Gasteiger partial charge in [-0.25, -0.2) is 0 Å². The van der Waals surface area contributed by atoms with Crippen LogP contribution in [-0.4, -0.2) is 37.5 Å². The zero-order chi connectivity index (χ0) is 11.0. The summed E-state index contributed by atoms with van der Waals surface area (Å²) in [6, 6.07) is 0. The monoisotopic (exact) mass is 203 g/mol. The van der Waals surface area contributed by atoms with Gasteiger partial charge in [0.2, 0.25) is 0 Å². The molecule has 3 nitrogen and oxygen atoms in total. The minimum atomic E-state index is -0.380. The number of nitrogens with one attached hydrogen (secondary N) is 1. The first-order valence-corrected chi connectivity index (χ1v) is 5.54. The van der Waals surface area contributed by atoms with Crippen LogP contribution in [0, 0.1) is 11.8 Å². The topological polar surface area (TPSA) is 41.5 Å². The van der Waals surface area contributed by atoms with Crippen LogP contribution in [0.1, 0.15) is 27.7 Å². The summed E-state index contributed by atoms with van der Waals surface area (Å²) < 4.78 is 5.11. The van der Waals surface area contributed by atoms with Gasteiger partial charge in [0.15, 0.2) is 0 Å². The number of hydrogen-bond acceptors (Lipinski definition) is 3. The molecule has 14 heavy (non-hydrogen) atoms. The van der Waals surface area contributed by atoms with Crippen molar-refractivity contribution in [3.8, 4) is 0 Å². The smallest absolute Gasteiger partial charge is 0.0897 e. The molecule has 0 bridgehead atoms. The Morgan fingerprint density at radius 2 is 1.86 bits per heavy atom. The van der Waals surface area contributed by atoms with Crippen molar-refractivity contribution in [2.75, 3.05) is 26.3 Å². The minimum Gasteiger partial charge on any atom is -0.389 e. The normalized spacial score (nSPS) is 15.9. The van der Waals surface area contributed by atoms with Gasteiger partial charge in [-0.2, -0.15) is 0 Å². The van der Waals surface area contributed by atoms with Crippen molar-refractivity contribution in [3.05, 3.63) is 0 Å². The van der Waals surface area contributed by atoms with Gasteiger partial charge >= 0.3 is 0 Å². The molecule has 0 rings (SSSR count). The third-order valence-corrected chi connectivity index (χ3v) is 2.50. The van der Waals surface area contributed by atoms with E-state index < -0.39 is 0 Å². The number of aliphatic hydroxyl groups excluding tert-OH is 1. The SMILES string of the molecule is CCOCC(O)CNCC(C)C(C)C. The van der Waals surface area contributed by atoms with Gasteiger partial charge in [0.05, 0.1) is 12.7 Å². The Morgan fingerprint density at radius 3 is 2.36 bits per heavy atom. The zero-order valence-corrected chi connectivity index (χ0v) is 9.92. The van der Waals surface area contributed by atoms with E-state index in [1.54, 1.807) is 0 Å². The van der Waals surface area contributed by atoms with E-state index in [1.807, 2.05) is 6.92 Å². The minimum absolute atomic E-state index is 0.380. The number of aliphatic hydroxyl groups is 1. The number of hydrogen-bond donors (Lipinski definition) is 2. The average molecular weight is 203 g/mol. The molecule has 0 amide bonds. The molecule has 0 aromatic carbocycles. The van der Waals surface area contributed by atoms with Crippen LogP contribution in [0.5, 0.6) is 0 Å². The van der Waals surface area contributed by atoms with E-state index in [0.717, 1.165) is 6.54 Å². The fourth-order valence-electron chi connectivity index (χ4n) is 1.03. The molecule has 2 N–H and O–H groups in total. The van der Waals surface area contributed by atoms with Crippen molar-refractivity contribution in [2.45, 2.75) is 33.8 Å². The number of rotatable bonds is 8. The molecule has 0 aliphatic heterocycles. The Hall–Kier alpha value is -0.120. The lowest BCUT2D eigenvalue weighted by atomic mass is 9.98. The van der Waals surface area contributed by atoms with Gasteiger partial charge in [-0.05, 0) is 25.3 Å². The van der Waals surface area contributed by atoms with Gasteiger partial charge in [-0.15, -0.1) is 0 Å². The molecule has 0 aliphatic carbocycles. The molecule has 0 aromatic rings. The second-order valence-electron chi connectivity index (χ2n) is 4.19. The van der Waals surface area contributed by atoms with E-state index in [-0.39, 0.29) is 6.10 Å². The molecule has 0 fully saturated rings. The van der Waals surface area contributed by atoms with Crippen LogP contribution in [0.15, 0.2) is 0 Å². The lowest BCUT2D eigenvalue weighted by Crippen LogP contribution is -2.34. The van der Waals surface area contributed by atoms with E-state index in [1.165, 1.54) is 0 Å². The third kappa shape index (κ3) is 7.30. The number of ether oxygens (including phenoxy) is 1. The highest BCUT2D eigenvalue weighted by atomic mass is 16.5. The summed E-state index contributed by atoms with van der Waals surface area (Å²) in [6.07, 6.45) is -0.380. The van der Waals surface area contributed by atoms with Crippen LogP contribution in [-0.2, 0) is 4.74 Å².